The van der Waals surface area contributed by atoms with Gasteiger partial charge < -0.3 is 0 Å². The molecule has 2 unspecified atom stereocenters. The molecule has 2 nitrogen and oxygen atoms in total. The first kappa shape index (κ1) is 12.9. The van der Waals surface area contributed by atoms with Crippen LogP contribution in [0, 0.1) is 17.1 Å². The summed E-state index contributed by atoms with van der Waals surface area (Å²) in [4.78, 5) is 0. The molecular formula is C12H14FNOS. The van der Waals surface area contributed by atoms with E-state index in [9.17, 15) is 8.60 Å². The standard InChI is InChI=1S/C12H14FNOS/c1-3-9(2)16(15)8-11-4-10(7-14)5-12(13)6-11/h4-6,9H,3,8H2,1-2H3. The molecule has 0 aliphatic carbocycles. The molecule has 0 aliphatic heterocycles. The number of hydrogen-bond donors (Lipinski definition) is 0. The van der Waals surface area contributed by atoms with Gasteiger partial charge in [0.15, 0.2) is 0 Å². The second-order valence-corrected chi connectivity index (χ2v) is 5.56. The van der Waals surface area contributed by atoms with Crippen LogP contribution in [-0.4, -0.2) is 9.46 Å². The van der Waals surface area contributed by atoms with Gasteiger partial charge in [-0.2, -0.15) is 5.26 Å². The molecule has 1 aromatic rings. The first-order valence-corrected chi connectivity index (χ1v) is 6.51. The zero-order valence-electron chi connectivity index (χ0n) is 9.37. The van der Waals surface area contributed by atoms with Crippen LogP contribution in [-0.2, 0) is 16.6 Å². The van der Waals surface area contributed by atoms with Crippen molar-refractivity contribution in [2.75, 3.05) is 0 Å². The third-order valence-electron chi connectivity index (χ3n) is 2.42. The van der Waals surface area contributed by atoms with Crippen LogP contribution in [0.5, 0.6) is 0 Å². The predicted molar refractivity (Wildman–Crippen MR) is 62.7 cm³/mol. The van der Waals surface area contributed by atoms with Crippen LogP contribution in [0.15, 0.2) is 18.2 Å². The van der Waals surface area contributed by atoms with Crippen LogP contribution < -0.4 is 0 Å². The van der Waals surface area contributed by atoms with Crippen LogP contribution in [0.3, 0.4) is 0 Å². The Morgan fingerprint density at radius 1 is 1.50 bits per heavy atom. The maximum atomic E-state index is 13.1. The summed E-state index contributed by atoms with van der Waals surface area (Å²) >= 11 is 0. The van der Waals surface area contributed by atoms with Gasteiger partial charge in [-0.25, -0.2) is 4.39 Å². The maximum absolute atomic E-state index is 13.1. The molecule has 0 saturated carbocycles. The van der Waals surface area contributed by atoms with Gasteiger partial charge in [-0.15, -0.1) is 0 Å². The van der Waals surface area contributed by atoms with Gasteiger partial charge in [-0.3, -0.25) is 4.21 Å². The molecule has 0 saturated heterocycles. The molecule has 2 atom stereocenters. The van der Waals surface area contributed by atoms with Crippen LogP contribution >= 0.6 is 0 Å². The molecule has 0 spiro atoms. The van der Waals surface area contributed by atoms with E-state index in [1.807, 2.05) is 19.9 Å². The second-order valence-electron chi connectivity index (χ2n) is 3.70. The Hall–Kier alpha value is -1.21. The normalized spacial score (nSPS) is 14.1. The smallest absolute Gasteiger partial charge is 0.124 e. The summed E-state index contributed by atoms with van der Waals surface area (Å²) in [6, 6.07) is 5.98. The van der Waals surface area contributed by atoms with E-state index < -0.39 is 16.6 Å². The molecule has 0 N–H and O–H groups in total. The highest BCUT2D eigenvalue weighted by Gasteiger charge is 2.10. The van der Waals surface area contributed by atoms with Crippen LogP contribution in [0.25, 0.3) is 0 Å². The lowest BCUT2D eigenvalue weighted by molar-refractivity contribution is 0.625. The van der Waals surface area contributed by atoms with Crippen molar-refractivity contribution in [2.45, 2.75) is 31.3 Å². The summed E-state index contributed by atoms with van der Waals surface area (Å²) in [5.41, 5.74) is 0.895. The Labute approximate surface area is 97.6 Å². The maximum Gasteiger partial charge on any atom is 0.124 e. The van der Waals surface area contributed by atoms with Gasteiger partial charge in [0, 0.05) is 21.8 Å². The molecule has 4 heteroatoms. The van der Waals surface area contributed by atoms with E-state index in [0.717, 1.165) is 6.42 Å². The van der Waals surface area contributed by atoms with E-state index in [1.165, 1.54) is 12.1 Å². The van der Waals surface area contributed by atoms with Gasteiger partial charge in [0.05, 0.1) is 11.6 Å². The third kappa shape index (κ3) is 3.42. The number of nitriles is 1. The monoisotopic (exact) mass is 239 g/mol. The first-order valence-electron chi connectivity index (χ1n) is 5.13. The molecule has 0 radical (unpaired) electrons. The zero-order chi connectivity index (χ0) is 12.1. The highest BCUT2D eigenvalue weighted by atomic mass is 32.2. The lowest BCUT2D eigenvalue weighted by atomic mass is 10.1. The van der Waals surface area contributed by atoms with Crippen molar-refractivity contribution >= 4 is 10.8 Å². The molecule has 16 heavy (non-hydrogen) atoms. The summed E-state index contributed by atoms with van der Waals surface area (Å²) in [5.74, 6) is -0.142. The molecule has 0 bridgehead atoms. The van der Waals surface area contributed by atoms with E-state index in [-0.39, 0.29) is 10.8 Å². The highest BCUT2D eigenvalue weighted by molar-refractivity contribution is 7.84. The topological polar surface area (TPSA) is 40.9 Å². The van der Waals surface area contributed by atoms with E-state index >= 15 is 0 Å². The fraction of sp³-hybridized carbons (Fsp3) is 0.417. The number of benzene rings is 1. The van der Waals surface area contributed by atoms with E-state index in [0.29, 0.717) is 11.3 Å². The van der Waals surface area contributed by atoms with Crippen molar-refractivity contribution in [1.82, 2.24) is 0 Å². The van der Waals surface area contributed by atoms with Gasteiger partial charge in [-0.1, -0.05) is 13.8 Å². The summed E-state index contributed by atoms with van der Waals surface area (Å²) in [6.45, 7) is 3.87. The minimum absolute atomic E-state index is 0.0915. The highest BCUT2D eigenvalue weighted by Crippen LogP contribution is 2.13. The Morgan fingerprint density at radius 3 is 2.75 bits per heavy atom. The number of nitrogens with zero attached hydrogens (tertiary/aromatic N) is 1. The van der Waals surface area contributed by atoms with Crippen molar-refractivity contribution in [3.63, 3.8) is 0 Å². The van der Waals surface area contributed by atoms with Crippen molar-refractivity contribution in [2.24, 2.45) is 0 Å². The van der Waals surface area contributed by atoms with E-state index in [2.05, 4.69) is 0 Å². The predicted octanol–water partition coefficient (Wildman–Crippen LogP) is 2.74. The van der Waals surface area contributed by atoms with Gasteiger partial charge in [0.1, 0.15) is 5.82 Å². The Morgan fingerprint density at radius 2 is 2.19 bits per heavy atom. The SMILES string of the molecule is CCC(C)S(=O)Cc1cc(F)cc(C#N)c1. The number of halogens is 1. The van der Waals surface area contributed by atoms with Crippen molar-refractivity contribution in [1.29, 1.82) is 5.26 Å². The Bertz CT molecular complexity index is 439. The van der Waals surface area contributed by atoms with Crippen molar-refractivity contribution in [3.05, 3.63) is 35.1 Å². The van der Waals surface area contributed by atoms with Gasteiger partial charge in [0.25, 0.3) is 0 Å². The molecule has 0 aromatic heterocycles. The number of hydrogen-bond acceptors (Lipinski definition) is 2. The zero-order valence-corrected chi connectivity index (χ0v) is 10.2. The second kappa shape index (κ2) is 5.76. The lowest BCUT2D eigenvalue weighted by Gasteiger charge is -2.08. The van der Waals surface area contributed by atoms with Crippen molar-refractivity contribution in [3.8, 4) is 6.07 Å². The molecule has 0 fully saturated rings. The van der Waals surface area contributed by atoms with Gasteiger partial charge in [0.2, 0.25) is 0 Å². The molecule has 86 valence electrons. The van der Waals surface area contributed by atoms with Crippen molar-refractivity contribution < 1.29 is 8.60 Å². The molecule has 0 aliphatic rings. The molecule has 0 amide bonds. The van der Waals surface area contributed by atoms with Crippen LogP contribution in [0.1, 0.15) is 31.4 Å². The third-order valence-corrected chi connectivity index (χ3v) is 4.27. The Kier molecular flexibility index (Phi) is 4.63. The summed E-state index contributed by atoms with van der Waals surface area (Å²) in [6.07, 6.45) is 0.826. The molecule has 1 rings (SSSR count). The first-order chi connectivity index (χ1) is 7.56. The van der Waals surface area contributed by atoms with Gasteiger partial charge in [-0.05, 0) is 30.2 Å². The average molecular weight is 239 g/mol. The minimum Gasteiger partial charge on any atom is -0.259 e. The Balaban J connectivity index is 2.86. The number of rotatable bonds is 4. The lowest BCUT2D eigenvalue weighted by Crippen LogP contribution is -2.11. The van der Waals surface area contributed by atoms with Crippen LogP contribution in [0.2, 0.25) is 0 Å². The van der Waals surface area contributed by atoms with E-state index in [4.69, 9.17) is 5.26 Å². The van der Waals surface area contributed by atoms with E-state index in [1.54, 1.807) is 6.07 Å². The quantitative estimate of drug-likeness (QED) is 0.810. The van der Waals surface area contributed by atoms with Gasteiger partial charge >= 0.3 is 0 Å². The minimum atomic E-state index is -1.01. The fourth-order valence-corrected chi connectivity index (χ4v) is 2.44. The fourth-order valence-electron chi connectivity index (χ4n) is 1.29. The molecule has 0 heterocycles. The molecular weight excluding hydrogens is 225 g/mol. The average Bonchev–Trinajstić information content (AvgIpc) is 2.26. The largest absolute Gasteiger partial charge is 0.259 e. The summed E-state index contributed by atoms with van der Waals surface area (Å²) in [7, 11) is -1.01. The summed E-state index contributed by atoms with van der Waals surface area (Å²) < 4.78 is 24.9. The summed E-state index contributed by atoms with van der Waals surface area (Å²) in [5, 5.41) is 8.77. The molecule has 1 aromatic carbocycles. The van der Waals surface area contributed by atoms with Crippen LogP contribution in [0.4, 0.5) is 4.39 Å².